The van der Waals surface area contributed by atoms with Gasteiger partial charge in [-0.3, -0.25) is 0 Å². The largest absolute Gasteiger partial charge is 0.466 e. The van der Waals surface area contributed by atoms with Crippen LogP contribution in [0.2, 0.25) is 0 Å². The van der Waals surface area contributed by atoms with Crippen LogP contribution >= 0.6 is 0 Å². The molecular weight excluding hydrogens is 353 g/mol. The lowest BCUT2D eigenvalue weighted by molar-refractivity contribution is -0.149. The topological polar surface area (TPSA) is 28.1 Å². The van der Waals surface area contributed by atoms with E-state index in [-0.39, 0.29) is 17.6 Å². The van der Waals surface area contributed by atoms with Crippen molar-refractivity contribution in [1.82, 2.24) is 9.91 Å². The van der Waals surface area contributed by atoms with E-state index in [4.69, 9.17) is 9.84 Å². The van der Waals surface area contributed by atoms with Gasteiger partial charge in [0.15, 0.2) is 0 Å². The molecule has 4 nitrogen and oxygen atoms in total. The Morgan fingerprint density at radius 2 is 1.89 bits per heavy atom. The van der Waals surface area contributed by atoms with Crippen molar-refractivity contribution in [1.29, 1.82) is 0 Å². The Bertz CT molecular complexity index is 916. The molecule has 0 amide bonds. The molecule has 3 heterocycles. The van der Waals surface area contributed by atoms with Crippen LogP contribution in [0.3, 0.4) is 0 Å². The molecule has 3 aliphatic heterocycles. The highest BCUT2D eigenvalue weighted by molar-refractivity contribution is 6.02. The predicted octanol–water partition coefficient (Wildman–Crippen LogP) is 4.49. The van der Waals surface area contributed by atoms with Crippen molar-refractivity contribution >= 4 is 5.71 Å². The van der Waals surface area contributed by atoms with Crippen LogP contribution in [0.1, 0.15) is 48.9 Å². The maximum absolute atomic E-state index is 13.4. The first-order valence-electron chi connectivity index (χ1n) is 10.2. The number of ether oxygens (including phenoxy) is 1. The summed E-state index contributed by atoms with van der Waals surface area (Å²) in [7, 11) is 0. The van der Waals surface area contributed by atoms with E-state index in [1.165, 1.54) is 23.3 Å². The minimum atomic E-state index is -0.389. The third-order valence-electron chi connectivity index (χ3n) is 6.41. The molecule has 1 fully saturated rings. The molecule has 0 N–H and O–H groups in total. The van der Waals surface area contributed by atoms with Crippen LogP contribution < -0.4 is 4.74 Å². The second-order valence-electron chi connectivity index (χ2n) is 8.14. The molecule has 28 heavy (non-hydrogen) atoms. The number of fused-ring (bicyclic) bond motifs is 4. The number of nitrogens with zero attached hydrogens (tertiary/aromatic N) is 3. The summed E-state index contributed by atoms with van der Waals surface area (Å²) in [5, 5.41) is 7.27. The SMILES string of the molecule is CCN1CCC2(CC1)Oc1ccc(C)cc1C1CC(c3ccc(F)cc3)=NN12. The molecule has 0 bridgehead atoms. The van der Waals surface area contributed by atoms with Crippen LogP contribution in [0.15, 0.2) is 47.6 Å². The van der Waals surface area contributed by atoms with Gasteiger partial charge in [0.25, 0.3) is 0 Å². The van der Waals surface area contributed by atoms with Gasteiger partial charge in [-0.2, -0.15) is 5.10 Å². The van der Waals surface area contributed by atoms with Crippen LogP contribution in [0, 0.1) is 12.7 Å². The molecule has 0 aromatic heterocycles. The van der Waals surface area contributed by atoms with E-state index in [9.17, 15) is 4.39 Å². The Kier molecular flexibility index (Phi) is 4.16. The number of hydrazone groups is 1. The van der Waals surface area contributed by atoms with Gasteiger partial charge in [0.05, 0.1) is 11.8 Å². The van der Waals surface area contributed by atoms with Gasteiger partial charge >= 0.3 is 0 Å². The molecular formula is C23H26FN3O. The van der Waals surface area contributed by atoms with Gasteiger partial charge in [0, 0.05) is 37.9 Å². The number of hydrogen-bond acceptors (Lipinski definition) is 4. The number of piperidine rings is 1. The maximum atomic E-state index is 13.4. The van der Waals surface area contributed by atoms with Gasteiger partial charge in [0.2, 0.25) is 5.72 Å². The molecule has 2 aromatic rings. The van der Waals surface area contributed by atoms with Crippen molar-refractivity contribution in [2.75, 3.05) is 19.6 Å². The van der Waals surface area contributed by atoms with E-state index in [1.807, 2.05) is 12.1 Å². The second kappa shape index (κ2) is 6.59. The Hall–Kier alpha value is -2.40. The quantitative estimate of drug-likeness (QED) is 0.770. The van der Waals surface area contributed by atoms with Gasteiger partial charge in [-0.1, -0.05) is 36.8 Å². The molecule has 146 valence electrons. The van der Waals surface area contributed by atoms with Crippen molar-refractivity contribution in [3.63, 3.8) is 0 Å². The fraction of sp³-hybridized carbons (Fsp3) is 0.435. The van der Waals surface area contributed by atoms with E-state index in [0.717, 1.165) is 55.9 Å². The van der Waals surface area contributed by atoms with Gasteiger partial charge in [0.1, 0.15) is 11.6 Å². The van der Waals surface area contributed by atoms with Gasteiger partial charge in [-0.05, 0) is 37.2 Å². The van der Waals surface area contributed by atoms with E-state index >= 15 is 0 Å². The first kappa shape index (κ1) is 17.7. The summed E-state index contributed by atoms with van der Waals surface area (Å²) < 4.78 is 20.0. The predicted molar refractivity (Wildman–Crippen MR) is 108 cm³/mol. The Morgan fingerprint density at radius 1 is 1.14 bits per heavy atom. The maximum Gasteiger partial charge on any atom is 0.200 e. The fourth-order valence-corrected chi connectivity index (χ4v) is 4.77. The number of aryl methyl sites for hydroxylation is 1. The zero-order valence-electron chi connectivity index (χ0n) is 16.5. The Balaban J connectivity index is 1.56. The first-order valence-corrected chi connectivity index (χ1v) is 10.2. The third kappa shape index (κ3) is 2.80. The molecule has 1 saturated heterocycles. The molecule has 2 aromatic carbocycles. The zero-order valence-corrected chi connectivity index (χ0v) is 16.5. The van der Waals surface area contributed by atoms with E-state index in [1.54, 1.807) is 0 Å². The summed E-state index contributed by atoms with van der Waals surface area (Å²) >= 11 is 0. The Morgan fingerprint density at radius 3 is 2.61 bits per heavy atom. The van der Waals surface area contributed by atoms with Crippen molar-refractivity contribution in [3.8, 4) is 5.75 Å². The number of halogens is 1. The van der Waals surface area contributed by atoms with Crippen LogP contribution in [0.5, 0.6) is 5.75 Å². The van der Waals surface area contributed by atoms with Crippen LogP contribution in [0.25, 0.3) is 0 Å². The van der Waals surface area contributed by atoms with Crippen LogP contribution in [-0.2, 0) is 0 Å². The van der Waals surface area contributed by atoms with Crippen LogP contribution in [0.4, 0.5) is 4.39 Å². The highest BCUT2D eigenvalue weighted by atomic mass is 19.1. The molecule has 0 saturated carbocycles. The molecule has 1 unspecified atom stereocenters. The summed E-state index contributed by atoms with van der Waals surface area (Å²) in [4.78, 5) is 2.47. The summed E-state index contributed by atoms with van der Waals surface area (Å²) in [5.74, 6) is 0.778. The summed E-state index contributed by atoms with van der Waals surface area (Å²) in [6, 6.07) is 13.3. The Labute approximate surface area is 165 Å². The monoisotopic (exact) mass is 379 g/mol. The average Bonchev–Trinajstić information content (AvgIpc) is 3.17. The van der Waals surface area contributed by atoms with Crippen molar-refractivity contribution in [2.45, 2.75) is 44.9 Å². The molecule has 0 radical (unpaired) electrons. The highest BCUT2D eigenvalue weighted by Crippen LogP contribution is 2.50. The normalized spacial score (nSPS) is 23.2. The molecule has 0 aliphatic carbocycles. The number of likely N-dealkylation sites (tertiary alicyclic amines) is 1. The molecule has 3 aliphatic rings. The summed E-state index contributed by atoms with van der Waals surface area (Å²) in [6.07, 6.45) is 2.69. The number of benzene rings is 2. The van der Waals surface area contributed by atoms with Crippen molar-refractivity contribution in [2.24, 2.45) is 5.10 Å². The molecule has 1 atom stereocenters. The van der Waals surface area contributed by atoms with Crippen molar-refractivity contribution in [3.05, 3.63) is 65.0 Å². The van der Waals surface area contributed by atoms with Gasteiger partial charge < -0.3 is 9.64 Å². The lowest BCUT2D eigenvalue weighted by Gasteiger charge is -2.51. The second-order valence-corrected chi connectivity index (χ2v) is 8.14. The standard InChI is InChI=1S/C23H26FN3O/c1-3-26-12-10-23(11-13-26)27-21(19-14-16(2)4-9-22(19)28-23)15-20(25-27)17-5-7-18(24)8-6-17/h4-9,14,21H,3,10-13,15H2,1-2H3. The smallest absolute Gasteiger partial charge is 0.200 e. The molecule has 5 heteroatoms. The van der Waals surface area contributed by atoms with E-state index in [2.05, 4.69) is 42.0 Å². The van der Waals surface area contributed by atoms with E-state index < -0.39 is 0 Å². The summed E-state index contributed by atoms with van der Waals surface area (Å²) in [6.45, 7) is 7.43. The van der Waals surface area contributed by atoms with E-state index in [0.29, 0.717) is 0 Å². The lowest BCUT2D eigenvalue weighted by Crippen LogP contribution is -2.59. The minimum Gasteiger partial charge on any atom is -0.466 e. The highest BCUT2D eigenvalue weighted by Gasteiger charge is 2.51. The number of rotatable bonds is 2. The van der Waals surface area contributed by atoms with Gasteiger partial charge in [-0.15, -0.1) is 0 Å². The molecule has 5 rings (SSSR count). The number of hydrogen-bond donors (Lipinski definition) is 0. The fourth-order valence-electron chi connectivity index (χ4n) is 4.77. The lowest BCUT2D eigenvalue weighted by atomic mass is 9.90. The van der Waals surface area contributed by atoms with Crippen molar-refractivity contribution < 1.29 is 9.13 Å². The average molecular weight is 379 g/mol. The third-order valence-corrected chi connectivity index (χ3v) is 6.41. The summed E-state index contributed by atoms with van der Waals surface area (Å²) in [5.41, 5.74) is 4.06. The first-order chi connectivity index (χ1) is 13.6. The molecule has 1 spiro atoms. The minimum absolute atomic E-state index is 0.178. The van der Waals surface area contributed by atoms with Crippen LogP contribution in [-0.4, -0.2) is 41.0 Å². The van der Waals surface area contributed by atoms with Gasteiger partial charge in [-0.25, -0.2) is 9.40 Å². The zero-order chi connectivity index (χ0) is 19.3.